The lowest BCUT2D eigenvalue weighted by Crippen LogP contribution is -2.25. The van der Waals surface area contributed by atoms with Gasteiger partial charge in [-0.3, -0.25) is 0 Å². The molecule has 1 saturated heterocycles. The summed E-state index contributed by atoms with van der Waals surface area (Å²) in [6.45, 7) is 2.80. The Labute approximate surface area is 120 Å². The SMILES string of the molecule is c1ccc(-c2ccc(CNC[C@H]3CCCO3)cc2)cc1. The van der Waals surface area contributed by atoms with Crippen molar-refractivity contribution < 1.29 is 4.74 Å². The van der Waals surface area contributed by atoms with Crippen molar-refractivity contribution in [3.8, 4) is 11.1 Å². The minimum Gasteiger partial charge on any atom is -0.377 e. The molecule has 3 rings (SSSR count). The van der Waals surface area contributed by atoms with Crippen molar-refractivity contribution in [3.63, 3.8) is 0 Å². The molecular formula is C18H21NO. The first kappa shape index (κ1) is 13.3. The molecule has 2 aromatic carbocycles. The number of hydrogen-bond donors (Lipinski definition) is 1. The van der Waals surface area contributed by atoms with Crippen molar-refractivity contribution in [1.82, 2.24) is 5.32 Å². The zero-order chi connectivity index (χ0) is 13.6. The van der Waals surface area contributed by atoms with Crippen molar-refractivity contribution in [2.45, 2.75) is 25.5 Å². The molecule has 1 fully saturated rings. The van der Waals surface area contributed by atoms with Gasteiger partial charge in [-0.2, -0.15) is 0 Å². The second-order valence-corrected chi connectivity index (χ2v) is 5.33. The first-order valence-corrected chi connectivity index (χ1v) is 7.38. The van der Waals surface area contributed by atoms with E-state index in [1.165, 1.54) is 29.5 Å². The molecule has 0 amide bonds. The van der Waals surface area contributed by atoms with Crippen LogP contribution in [0.4, 0.5) is 0 Å². The number of hydrogen-bond acceptors (Lipinski definition) is 2. The Hall–Kier alpha value is -1.64. The summed E-state index contributed by atoms with van der Waals surface area (Å²) in [7, 11) is 0. The summed E-state index contributed by atoms with van der Waals surface area (Å²) >= 11 is 0. The molecule has 0 unspecified atom stereocenters. The fourth-order valence-corrected chi connectivity index (χ4v) is 2.63. The summed E-state index contributed by atoms with van der Waals surface area (Å²) in [6.07, 6.45) is 2.82. The van der Waals surface area contributed by atoms with Gasteiger partial charge in [0, 0.05) is 19.7 Å². The van der Waals surface area contributed by atoms with Gasteiger partial charge in [0.2, 0.25) is 0 Å². The van der Waals surface area contributed by atoms with Crippen LogP contribution in [0.1, 0.15) is 18.4 Å². The standard InChI is InChI=1S/C18H21NO/c1-2-5-16(6-3-1)17-10-8-15(9-11-17)13-19-14-18-7-4-12-20-18/h1-3,5-6,8-11,18-19H,4,7,12-14H2/t18-/m1/s1. The van der Waals surface area contributed by atoms with Crippen molar-refractivity contribution >= 4 is 0 Å². The average molecular weight is 267 g/mol. The quantitative estimate of drug-likeness (QED) is 0.893. The van der Waals surface area contributed by atoms with E-state index in [9.17, 15) is 0 Å². The van der Waals surface area contributed by atoms with Crippen LogP contribution in [-0.2, 0) is 11.3 Å². The van der Waals surface area contributed by atoms with E-state index in [0.29, 0.717) is 6.10 Å². The summed E-state index contributed by atoms with van der Waals surface area (Å²) in [5, 5.41) is 3.48. The highest BCUT2D eigenvalue weighted by molar-refractivity contribution is 5.63. The summed E-state index contributed by atoms with van der Waals surface area (Å²) in [4.78, 5) is 0. The monoisotopic (exact) mass is 267 g/mol. The second-order valence-electron chi connectivity index (χ2n) is 5.33. The maximum atomic E-state index is 5.61. The molecule has 0 spiro atoms. The van der Waals surface area contributed by atoms with Gasteiger partial charge in [0.05, 0.1) is 6.10 Å². The Kier molecular flexibility index (Phi) is 4.46. The molecule has 1 aliphatic heterocycles. The zero-order valence-corrected chi connectivity index (χ0v) is 11.7. The van der Waals surface area contributed by atoms with Gasteiger partial charge in [-0.05, 0) is 29.5 Å². The molecule has 0 aromatic heterocycles. The van der Waals surface area contributed by atoms with Crippen molar-refractivity contribution in [2.24, 2.45) is 0 Å². The van der Waals surface area contributed by atoms with Gasteiger partial charge in [0.25, 0.3) is 0 Å². The van der Waals surface area contributed by atoms with Gasteiger partial charge < -0.3 is 10.1 Å². The molecule has 2 aromatic rings. The maximum Gasteiger partial charge on any atom is 0.0700 e. The van der Waals surface area contributed by atoms with E-state index in [2.05, 4.69) is 53.8 Å². The van der Waals surface area contributed by atoms with Crippen LogP contribution in [-0.4, -0.2) is 19.3 Å². The molecule has 2 nitrogen and oxygen atoms in total. The predicted molar refractivity (Wildman–Crippen MR) is 82.6 cm³/mol. The van der Waals surface area contributed by atoms with E-state index in [1.807, 2.05) is 6.07 Å². The third kappa shape index (κ3) is 3.47. The minimum absolute atomic E-state index is 0.415. The first-order valence-electron chi connectivity index (χ1n) is 7.38. The summed E-state index contributed by atoms with van der Waals surface area (Å²) in [6, 6.07) is 19.3. The van der Waals surface area contributed by atoms with Crippen molar-refractivity contribution in [1.29, 1.82) is 0 Å². The minimum atomic E-state index is 0.415. The fourth-order valence-electron chi connectivity index (χ4n) is 2.63. The maximum absolute atomic E-state index is 5.61. The van der Waals surface area contributed by atoms with Crippen LogP contribution in [0, 0.1) is 0 Å². The summed E-state index contributed by atoms with van der Waals surface area (Å²) in [5.41, 5.74) is 3.86. The predicted octanol–water partition coefficient (Wildman–Crippen LogP) is 3.62. The van der Waals surface area contributed by atoms with Crippen LogP contribution in [0.15, 0.2) is 54.6 Å². The third-order valence-corrected chi connectivity index (χ3v) is 3.79. The molecule has 1 N–H and O–H groups in total. The van der Waals surface area contributed by atoms with Crippen LogP contribution in [0.5, 0.6) is 0 Å². The fraction of sp³-hybridized carbons (Fsp3) is 0.333. The summed E-state index contributed by atoms with van der Waals surface area (Å²) < 4.78 is 5.61. The molecule has 1 heterocycles. The third-order valence-electron chi connectivity index (χ3n) is 3.79. The summed E-state index contributed by atoms with van der Waals surface area (Å²) in [5.74, 6) is 0. The van der Waals surface area contributed by atoms with Gasteiger partial charge in [-0.25, -0.2) is 0 Å². The van der Waals surface area contributed by atoms with E-state index in [1.54, 1.807) is 0 Å². The topological polar surface area (TPSA) is 21.3 Å². The second kappa shape index (κ2) is 6.69. The lowest BCUT2D eigenvalue weighted by Gasteiger charge is -2.11. The van der Waals surface area contributed by atoms with Gasteiger partial charge in [0.15, 0.2) is 0 Å². The molecule has 2 heteroatoms. The Morgan fingerprint density at radius 1 is 0.950 bits per heavy atom. The van der Waals surface area contributed by atoms with Crippen LogP contribution in [0.3, 0.4) is 0 Å². The van der Waals surface area contributed by atoms with Gasteiger partial charge in [-0.15, -0.1) is 0 Å². The molecule has 0 aliphatic carbocycles. The number of rotatable bonds is 5. The lowest BCUT2D eigenvalue weighted by atomic mass is 10.0. The molecular weight excluding hydrogens is 246 g/mol. The molecule has 0 bridgehead atoms. The molecule has 0 saturated carbocycles. The van der Waals surface area contributed by atoms with Gasteiger partial charge in [-0.1, -0.05) is 54.6 Å². The number of ether oxygens (including phenoxy) is 1. The van der Waals surface area contributed by atoms with Crippen LogP contribution in [0.25, 0.3) is 11.1 Å². The van der Waals surface area contributed by atoms with Crippen LogP contribution >= 0.6 is 0 Å². The normalized spacial score (nSPS) is 18.3. The average Bonchev–Trinajstić information content (AvgIpc) is 3.02. The van der Waals surface area contributed by atoms with E-state index >= 15 is 0 Å². The highest BCUT2D eigenvalue weighted by atomic mass is 16.5. The lowest BCUT2D eigenvalue weighted by molar-refractivity contribution is 0.110. The Bertz CT molecular complexity index is 515. The smallest absolute Gasteiger partial charge is 0.0700 e. The van der Waals surface area contributed by atoms with Crippen LogP contribution in [0.2, 0.25) is 0 Å². The molecule has 1 aliphatic rings. The van der Waals surface area contributed by atoms with Crippen LogP contribution < -0.4 is 5.32 Å². The van der Waals surface area contributed by atoms with Crippen molar-refractivity contribution in [3.05, 3.63) is 60.2 Å². The Morgan fingerprint density at radius 2 is 1.70 bits per heavy atom. The van der Waals surface area contributed by atoms with E-state index in [4.69, 9.17) is 4.74 Å². The Balaban J connectivity index is 1.53. The van der Waals surface area contributed by atoms with E-state index < -0.39 is 0 Å². The highest BCUT2D eigenvalue weighted by Crippen LogP contribution is 2.19. The molecule has 0 radical (unpaired) electrons. The molecule has 20 heavy (non-hydrogen) atoms. The zero-order valence-electron chi connectivity index (χ0n) is 11.7. The van der Waals surface area contributed by atoms with Gasteiger partial charge in [0.1, 0.15) is 0 Å². The van der Waals surface area contributed by atoms with E-state index in [-0.39, 0.29) is 0 Å². The number of nitrogens with one attached hydrogen (secondary N) is 1. The highest BCUT2D eigenvalue weighted by Gasteiger charge is 2.14. The number of benzene rings is 2. The Morgan fingerprint density at radius 3 is 2.40 bits per heavy atom. The molecule has 104 valence electrons. The molecule has 1 atom stereocenters. The van der Waals surface area contributed by atoms with Crippen molar-refractivity contribution in [2.75, 3.05) is 13.2 Å². The largest absolute Gasteiger partial charge is 0.377 e. The van der Waals surface area contributed by atoms with Gasteiger partial charge >= 0.3 is 0 Å². The first-order chi connectivity index (χ1) is 9.92. The van der Waals surface area contributed by atoms with E-state index in [0.717, 1.165) is 19.7 Å².